The number of halogens is 1. The summed E-state index contributed by atoms with van der Waals surface area (Å²) < 4.78 is 1.40. The third-order valence-corrected chi connectivity index (χ3v) is 5.81. The lowest BCUT2D eigenvalue weighted by Gasteiger charge is -2.24. The van der Waals surface area contributed by atoms with Crippen LogP contribution in [0, 0.1) is 0 Å². The van der Waals surface area contributed by atoms with Gasteiger partial charge in [-0.25, -0.2) is 4.68 Å². The molecule has 0 fully saturated rings. The molecule has 0 bridgehead atoms. The first-order chi connectivity index (χ1) is 13.5. The van der Waals surface area contributed by atoms with Crippen LogP contribution in [0.15, 0.2) is 59.8 Å². The maximum absolute atomic E-state index is 13.1. The Morgan fingerprint density at radius 3 is 2.50 bits per heavy atom. The molecule has 1 amide bonds. The number of nitrogens with two attached hydrogens (primary N) is 1. The average Bonchev–Trinajstić information content (AvgIpc) is 3.08. The Morgan fingerprint density at radius 1 is 1.14 bits per heavy atom. The molecule has 0 saturated heterocycles. The SMILES string of the molecule is CCN(CC)C(=O)[C@H](Sc1nnc(-c2cccc(Cl)c2)n1N)c1ccccc1. The molecule has 28 heavy (non-hydrogen) atoms. The van der Waals surface area contributed by atoms with Crippen molar-refractivity contribution in [3.8, 4) is 11.4 Å². The number of hydrogen-bond donors (Lipinski definition) is 1. The Bertz CT molecular complexity index is 943. The van der Waals surface area contributed by atoms with Crippen molar-refractivity contribution < 1.29 is 4.79 Å². The molecule has 2 aromatic carbocycles. The normalized spacial score (nSPS) is 12.0. The van der Waals surface area contributed by atoms with Crippen molar-refractivity contribution in [2.24, 2.45) is 0 Å². The van der Waals surface area contributed by atoms with Gasteiger partial charge in [-0.3, -0.25) is 4.79 Å². The number of likely N-dealkylation sites (N-methyl/N-ethyl adjacent to an activating group) is 1. The Morgan fingerprint density at radius 2 is 1.86 bits per heavy atom. The number of nitrogens with zero attached hydrogens (tertiary/aromatic N) is 4. The van der Waals surface area contributed by atoms with Gasteiger partial charge < -0.3 is 10.7 Å². The summed E-state index contributed by atoms with van der Waals surface area (Å²) in [6, 6.07) is 16.9. The summed E-state index contributed by atoms with van der Waals surface area (Å²) in [5.74, 6) is 6.77. The third kappa shape index (κ3) is 4.31. The molecule has 1 atom stereocenters. The molecular weight excluding hydrogens is 394 g/mol. The molecule has 0 spiro atoms. The molecule has 3 rings (SSSR count). The predicted octanol–water partition coefficient (Wildman–Crippen LogP) is 4.01. The number of rotatable bonds is 7. The molecular formula is C20H22ClN5OS. The minimum atomic E-state index is -0.459. The molecule has 6 nitrogen and oxygen atoms in total. The standard InChI is InChI=1S/C20H22ClN5OS/c1-3-25(4-2)19(27)17(14-9-6-5-7-10-14)28-20-24-23-18(26(20)22)15-11-8-12-16(21)13-15/h5-13,17H,3-4,22H2,1-2H3/t17-/m1/s1. The van der Waals surface area contributed by atoms with E-state index in [-0.39, 0.29) is 5.91 Å². The van der Waals surface area contributed by atoms with Crippen molar-refractivity contribution in [1.82, 2.24) is 19.8 Å². The van der Waals surface area contributed by atoms with E-state index in [1.807, 2.05) is 56.3 Å². The average molecular weight is 416 g/mol. The van der Waals surface area contributed by atoms with E-state index in [2.05, 4.69) is 10.2 Å². The molecule has 1 aromatic heterocycles. The lowest BCUT2D eigenvalue weighted by molar-refractivity contribution is -0.130. The molecule has 146 valence electrons. The first-order valence-electron chi connectivity index (χ1n) is 9.02. The fourth-order valence-electron chi connectivity index (χ4n) is 2.88. The molecule has 0 radical (unpaired) electrons. The van der Waals surface area contributed by atoms with Crippen LogP contribution < -0.4 is 5.84 Å². The van der Waals surface area contributed by atoms with E-state index in [4.69, 9.17) is 17.4 Å². The summed E-state index contributed by atoms with van der Waals surface area (Å²) >= 11 is 7.37. The fraction of sp³-hybridized carbons (Fsp3) is 0.250. The number of carbonyl (C=O) groups is 1. The maximum atomic E-state index is 13.1. The van der Waals surface area contributed by atoms with Crippen molar-refractivity contribution in [2.45, 2.75) is 24.3 Å². The summed E-state index contributed by atoms with van der Waals surface area (Å²) in [7, 11) is 0. The zero-order chi connectivity index (χ0) is 20.1. The highest BCUT2D eigenvalue weighted by atomic mass is 35.5. The quantitative estimate of drug-likeness (QED) is 0.466. The molecule has 0 aliphatic carbocycles. The first-order valence-corrected chi connectivity index (χ1v) is 10.3. The number of nitrogen functional groups attached to an aromatic ring is 1. The van der Waals surface area contributed by atoms with Gasteiger partial charge in [-0.2, -0.15) is 0 Å². The van der Waals surface area contributed by atoms with Gasteiger partial charge in [0, 0.05) is 23.7 Å². The van der Waals surface area contributed by atoms with Gasteiger partial charge >= 0.3 is 0 Å². The largest absolute Gasteiger partial charge is 0.342 e. The van der Waals surface area contributed by atoms with Crippen LogP contribution in [0.5, 0.6) is 0 Å². The van der Waals surface area contributed by atoms with Gasteiger partial charge in [0.25, 0.3) is 0 Å². The number of benzene rings is 2. The zero-order valence-corrected chi connectivity index (χ0v) is 17.3. The summed E-state index contributed by atoms with van der Waals surface area (Å²) in [6.07, 6.45) is 0. The lowest BCUT2D eigenvalue weighted by atomic mass is 10.1. The molecule has 0 saturated carbocycles. The van der Waals surface area contributed by atoms with E-state index in [9.17, 15) is 4.79 Å². The first kappa shape index (κ1) is 20.2. The zero-order valence-electron chi connectivity index (χ0n) is 15.7. The predicted molar refractivity (Wildman–Crippen MR) is 114 cm³/mol. The number of amides is 1. The molecule has 0 aliphatic rings. The number of hydrogen-bond acceptors (Lipinski definition) is 5. The van der Waals surface area contributed by atoms with Crippen LogP contribution >= 0.6 is 23.4 Å². The van der Waals surface area contributed by atoms with Crippen LogP contribution in [0.25, 0.3) is 11.4 Å². The molecule has 0 unspecified atom stereocenters. The highest BCUT2D eigenvalue weighted by molar-refractivity contribution is 8.00. The van der Waals surface area contributed by atoms with Crippen molar-refractivity contribution in [3.05, 3.63) is 65.2 Å². The second-order valence-corrected chi connectivity index (χ2v) is 7.61. The van der Waals surface area contributed by atoms with E-state index in [1.165, 1.54) is 16.4 Å². The minimum absolute atomic E-state index is 0.0218. The smallest absolute Gasteiger partial charge is 0.240 e. The van der Waals surface area contributed by atoms with Crippen LogP contribution in [0.2, 0.25) is 5.02 Å². The van der Waals surface area contributed by atoms with E-state index in [1.54, 1.807) is 17.0 Å². The highest BCUT2D eigenvalue weighted by Gasteiger charge is 2.28. The molecule has 1 heterocycles. The van der Waals surface area contributed by atoms with E-state index >= 15 is 0 Å². The Labute approximate surface area is 173 Å². The second-order valence-electron chi connectivity index (χ2n) is 6.11. The Kier molecular flexibility index (Phi) is 6.59. The third-order valence-electron chi connectivity index (χ3n) is 4.37. The van der Waals surface area contributed by atoms with Crippen LogP contribution in [0.1, 0.15) is 24.7 Å². The second kappa shape index (κ2) is 9.12. The van der Waals surface area contributed by atoms with Gasteiger partial charge in [0.1, 0.15) is 5.25 Å². The molecule has 0 aliphatic heterocycles. The van der Waals surface area contributed by atoms with Crippen molar-refractivity contribution in [1.29, 1.82) is 0 Å². The van der Waals surface area contributed by atoms with Crippen LogP contribution in [0.4, 0.5) is 0 Å². The van der Waals surface area contributed by atoms with Crippen molar-refractivity contribution >= 4 is 29.3 Å². The number of carbonyl (C=O) groups excluding carboxylic acids is 1. The number of aromatic nitrogens is 3. The maximum Gasteiger partial charge on any atom is 0.240 e. The number of thioether (sulfide) groups is 1. The monoisotopic (exact) mass is 415 g/mol. The minimum Gasteiger partial charge on any atom is -0.342 e. The van der Waals surface area contributed by atoms with Crippen LogP contribution in [-0.4, -0.2) is 38.8 Å². The topological polar surface area (TPSA) is 77.0 Å². The molecule has 8 heteroatoms. The van der Waals surface area contributed by atoms with Crippen molar-refractivity contribution in [3.63, 3.8) is 0 Å². The molecule has 2 N–H and O–H groups in total. The van der Waals surface area contributed by atoms with E-state index in [0.29, 0.717) is 29.1 Å². The highest BCUT2D eigenvalue weighted by Crippen LogP contribution is 2.36. The lowest BCUT2D eigenvalue weighted by Crippen LogP contribution is -2.34. The van der Waals surface area contributed by atoms with Crippen molar-refractivity contribution in [2.75, 3.05) is 18.9 Å². The van der Waals surface area contributed by atoms with Crippen LogP contribution in [-0.2, 0) is 4.79 Å². The summed E-state index contributed by atoms with van der Waals surface area (Å²) in [5.41, 5.74) is 1.66. The van der Waals surface area contributed by atoms with Gasteiger partial charge in [-0.15, -0.1) is 10.2 Å². The van der Waals surface area contributed by atoms with Gasteiger partial charge in [-0.1, -0.05) is 65.8 Å². The van der Waals surface area contributed by atoms with Crippen LogP contribution in [0.3, 0.4) is 0 Å². The Hall–Kier alpha value is -2.51. The summed E-state index contributed by atoms with van der Waals surface area (Å²) in [5, 5.41) is 9.01. The van der Waals surface area contributed by atoms with Gasteiger partial charge in [0.05, 0.1) is 0 Å². The fourth-order valence-corrected chi connectivity index (χ4v) is 4.11. The van der Waals surface area contributed by atoms with Gasteiger partial charge in [0.15, 0.2) is 5.82 Å². The molecule has 3 aromatic rings. The summed E-state index contributed by atoms with van der Waals surface area (Å²) in [4.78, 5) is 14.9. The van der Waals surface area contributed by atoms with E-state index < -0.39 is 5.25 Å². The van der Waals surface area contributed by atoms with Gasteiger partial charge in [0.2, 0.25) is 11.1 Å². The van der Waals surface area contributed by atoms with E-state index in [0.717, 1.165) is 11.1 Å². The summed E-state index contributed by atoms with van der Waals surface area (Å²) in [6.45, 7) is 5.22. The Balaban J connectivity index is 1.94. The van der Waals surface area contributed by atoms with Gasteiger partial charge in [-0.05, 0) is 31.5 Å².